The zero-order valence-electron chi connectivity index (χ0n) is 21.7. The molecule has 0 unspecified atom stereocenters. The van der Waals surface area contributed by atoms with E-state index in [-0.39, 0.29) is 31.0 Å². The average molecular weight is 598 g/mol. The number of nitrogens with zero attached hydrogens (tertiary/aromatic N) is 1. The molecule has 1 aliphatic carbocycles. The smallest absolute Gasteiger partial charge is 0.261 e. The lowest BCUT2D eigenvalue weighted by Gasteiger charge is -2.33. The maximum atomic E-state index is 13.8. The Balaban J connectivity index is 1.61. The summed E-state index contributed by atoms with van der Waals surface area (Å²) in [5.74, 6) is 0.217. The maximum Gasteiger partial charge on any atom is 0.261 e. The fourth-order valence-electron chi connectivity index (χ4n) is 4.87. The largest absolute Gasteiger partial charge is 0.484 e. The molecule has 1 fully saturated rings. The van der Waals surface area contributed by atoms with Crippen molar-refractivity contribution in [2.24, 2.45) is 0 Å². The lowest BCUT2D eigenvalue weighted by atomic mass is 9.94. The Morgan fingerprint density at radius 1 is 1.00 bits per heavy atom. The van der Waals surface area contributed by atoms with Gasteiger partial charge in [0.2, 0.25) is 5.91 Å². The van der Waals surface area contributed by atoms with Crippen molar-refractivity contribution < 1.29 is 14.3 Å². The third kappa shape index (κ3) is 8.08. The van der Waals surface area contributed by atoms with Gasteiger partial charge in [0.05, 0.1) is 0 Å². The number of rotatable bonds is 10. The Morgan fingerprint density at radius 2 is 1.74 bits per heavy atom. The van der Waals surface area contributed by atoms with Crippen molar-refractivity contribution >= 4 is 39.3 Å². The van der Waals surface area contributed by atoms with Gasteiger partial charge in [-0.2, -0.15) is 0 Å². The van der Waals surface area contributed by atoms with Crippen LogP contribution in [0.4, 0.5) is 0 Å². The molecule has 2 amide bonds. The first-order valence-corrected chi connectivity index (χ1v) is 14.3. The lowest BCUT2D eigenvalue weighted by Crippen LogP contribution is -2.53. The predicted molar refractivity (Wildman–Crippen MR) is 155 cm³/mol. The number of hydrogen-bond donors (Lipinski definition) is 1. The molecule has 0 aromatic heterocycles. The topological polar surface area (TPSA) is 58.6 Å². The molecule has 4 rings (SSSR count). The van der Waals surface area contributed by atoms with Crippen molar-refractivity contribution in [1.29, 1.82) is 0 Å². The number of amides is 2. The van der Waals surface area contributed by atoms with Gasteiger partial charge in [0.1, 0.15) is 11.8 Å². The number of hydrogen-bond acceptors (Lipinski definition) is 3. The number of halogens is 2. The van der Waals surface area contributed by atoms with E-state index in [1.54, 1.807) is 11.0 Å². The van der Waals surface area contributed by atoms with Gasteiger partial charge in [-0.25, -0.2) is 0 Å². The summed E-state index contributed by atoms with van der Waals surface area (Å²) >= 11 is 9.76. The van der Waals surface area contributed by atoms with Crippen LogP contribution in [0.5, 0.6) is 5.75 Å². The second-order valence-corrected chi connectivity index (χ2v) is 11.2. The number of carbonyl (C=O) groups is 2. The first kappa shape index (κ1) is 28.2. The van der Waals surface area contributed by atoms with Crippen LogP contribution in [-0.4, -0.2) is 35.4 Å². The molecule has 0 saturated heterocycles. The fraction of sp³-hybridized carbons (Fsp3) is 0.355. The molecular weight excluding hydrogens is 564 g/mol. The molecule has 38 heavy (non-hydrogen) atoms. The fourth-order valence-corrected chi connectivity index (χ4v) is 5.32. The van der Waals surface area contributed by atoms with Crippen molar-refractivity contribution in [2.45, 2.75) is 64.1 Å². The molecule has 0 aliphatic heterocycles. The summed E-state index contributed by atoms with van der Waals surface area (Å²) in [5, 5.41) is 3.84. The highest BCUT2D eigenvalue weighted by molar-refractivity contribution is 9.10. The second-order valence-electron chi connectivity index (χ2n) is 9.90. The highest BCUT2D eigenvalue weighted by Crippen LogP contribution is 2.23. The second kappa shape index (κ2) is 13.8. The summed E-state index contributed by atoms with van der Waals surface area (Å²) in [4.78, 5) is 29.2. The molecule has 5 nitrogen and oxygen atoms in total. The van der Waals surface area contributed by atoms with E-state index in [1.807, 2.05) is 73.7 Å². The molecule has 1 saturated carbocycles. The summed E-state index contributed by atoms with van der Waals surface area (Å²) in [6.45, 7) is 2.04. The highest BCUT2D eigenvalue weighted by atomic mass is 79.9. The summed E-state index contributed by atoms with van der Waals surface area (Å²) < 4.78 is 6.88. The Labute approximate surface area is 238 Å². The molecule has 200 valence electrons. The normalized spacial score (nSPS) is 14.5. The van der Waals surface area contributed by atoms with Crippen LogP contribution in [0.15, 0.2) is 77.3 Å². The molecule has 1 N–H and O–H groups in total. The van der Waals surface area contributed by atoms with Crippen molar-refractivity contribution in [2.75, 3.05) is 6.61 Å². The SMILES string of the molecule is Cc1cc(OCC(=O)N(Cc2cccc(Cl)c2)[C@H](Cc2ccccc2)C(=O)NC2CCCCC2)ccc1Br. The Morgan fingerprint density at radius 3 is 2.45 bits per heavy atom. The highest BCUT2D eigenvalue weighted by Gasteiger charge is 2.32. The summed E-state index contributed by atoms with van der Waals surface area (Å²) in [7, 11) is 0. The zero-order valence-corrected chi connectivity index (χ0v) is 24.0. The van der Waals surface area contributed by atoms with E-state index < -0.39 is 6.04 Å². The van der Waals surface area contributed by atoms with Crippen LogP contribution in [0.2, 0.25) is 5.02 Å². The third-order valence-electron chi connectivity index (χ3n) is 6.96. The van der Waals surface area contributed by atoms with E-state index in [0.29, 0.717) is 17.2 Å². The van der Waals surface area contributed by atoms with Gasteiger partial charge < -0.3 is 15.0 Å². The van der Waals surface area contributed by atoms with Crippen molar-refractivity contribution in [3.8, 4) is 5.75 Å². The summed E-state index contributed by atoms with van der Waals surface area (Å²) in [5.41, 5.74) is 2.86. The molecule has 0 heterocycles. The van der Waals surface area contributed by atoms with E-state index in [2.05, 4.69) is 21.2 Å². The third-order valence-corrected chi connectivity index (χ3v) is 8.08. The van der Waals surface area contributed by atoms with Gasteiger partial charge in [-0.15, -0.1) is 0 Å². The van der Waals surface area contributed by atoms with Gasteiger partial charge in [-0.05, 0) is 66.8 Å². The number of nitrogens with one attached hydrogen (secondary N) is 1. The quantitative estimate of drug-likeness (QED) is 0.277. The zero-order chi connectivity index (χ0) is 26.9. The number of carbonyl (C=O) groups excluding carboxylic acids is 2. The van der Waals surface area contributed by atoms with Gasteiger partial charge in [-0.3, -0.25) is 9.59 Å². The van der Waals surface area contributed by atoms with Gasteiger partial charge in [0, 0.05) is 28.5 Å². The molecule has 3 aromatic rings. The standard InChI is InChI=1S/C31H34BrClN2O3/c1-22-17-27(15-16-28(22)32)38-21-30(36)35(20-24-11-8-12-25(33)18-24)29(19-23-9-4-2-5-10-23)31(37)34-26-13-6-3-7-14-26/h2,4-5,8-12,15-18,26,29H,3,6-7,13-14,19-21H2,1H3,(H,34,37)/t29-/m1/s1. The minimum Gasteiger partial charge on any atom is -0.484 e. The van der Waals surface area contributed by atoms with Gasteiger partial charge in [0.15, 0.2) is 6.61 Å². The maximum absolute atomic E-state index is 13.8. The number of ether oxygens (including phenoxy) is 1. The minimum absolute atomic E-state index is 0.129. The van der Waals surface area contributed by atoms with Crippen LogP contribution in [0.1, 0.15) is 48.8 Å². The summed E-state index contributed by atoms with van der Waals surface area (Å²) in [6.07, 6.45) is 5.77. The van der Waals surface area contributed by atoms with E-state index in [1.165, 1.54) is 6.42 Å². The molecule has 0 spiro atoms. The minimum atomic E-state index is -0.693. The van der Waals surface area contributed by atoms with Crippen LogP contribution >= 0.6 is 27.5 Å². The van der Waals surface area contributed by atoms with E-state index in [9.17, 15) is 9.59 Å². The lowest BCUT2D eigenvalue weighted by molar-refractivity contribution is -0.143. The Kier molecular flexibility index (Phi) is 10.2. The van der Waals surface area contributed by atoms with Gasteiger partial charge in [0.25, 0.3) is 5.91 Å². The Bertz CT molecular complexity index is 1230. The van der Waals surface area contributed by atoms with Crippen LogP contribution in [0.25, 0.3) is 0 Å². The molecule has 0 radical (unpaired) electrons. The number of benzene rings is 3. The van der Waals surface area contributed by atoms with Crippen molar-refractivity contribution in [3.63, 3.8) is 0 Å². The van der Waals surface area contributed by atoms with E-state index in [0.717, 1.165) is 46.8 Å². The molecule has 1 aliphatic rings. The van der Waals surface area contributed by atoms with Gasteiger partial charge >= 0.3 is 0 Å². The van der Waals surface area contributed by atoms with E-state index in [4.69, 9.17) is 16.3 Å². The van der Waals surface area contributed by atoms with Gasteiger partial charge in [-0.1, -0.05) is 89.3 Å². The molecule has 3 aromatic carbocycles. The van der Waals surface area contributed by atoms with Crippen LogP contribution in [0, 0.1) is 6.92 Å². The molecule has 7 heteroatoms. The van der Waals surface area contributed by atoms with E-state index >= 15 is 0 Å². The Hall–Kier alpha value is -2.83. The first-order valence-electron chi connectivity index (χ1n) is 13.2. The molecule has 0 bridgehead atoms. The van der Waals surface area contributed by atoms with Crippen LogP contribution in [-0.2, 0) is 22.6 Å². The van der Waals surface area contributed by atoms with Crippen molar-refractivity contribution in [1.82, 2.24) is 10.2 Å². The first-order chi connectivity index (χ1) is 18.4. The van der Waals surface area contributed by atoms with Crippen LogP contribution < -0.4 is 10.1 Å². The molecule has 1 atom stereocenters. The number of aryl methyl sites for hydroxylation is 1. The molecular formula is C31H34BrClN2O3. The average Bonchev–Trinajstić information content (AvgIpc) is 2.92. The van der Waals surface area contributed by atoms with Crippen LogP contribution in [0.3, 0.4) is 0 Å². The summed E-state index contributed by atoms with van der Waals surface area (Å²) in [6, 6.07) is 22.3. The predicted octanol–water partition coefficient (Wildman–Crippen LogP) is 6.88. The monoisotopic (exact) mass is 596 g/mol. The van der Waals surface area contributed by atoms with Crippen molar-refractivity contribution in [3.05, 3.63) is 99.0 Å².